The average Bonchev–Trinajstić information content (AvgIpc) is 2.92. The molecule has 1 aromatic rings. The molecule has 2 atom stereocenters. The lowest BCUT2D eigenvalue weighted by atomic mass is 9.75. The van der Waals surface area contributed by atoms with Gasteiger partial charge in [0.25, 0.3) is 0 Å². The van der Waals surface area contributed by atoms with Crippen LogP contribution in [0.15, 0.2) is 12.5 Å². The Kier molecular flexibility index (Phi) is 1.82. The summed E-state index contributed by atoms with van der Waals surface area (Å²) in [6.45, 7) is 2.43. The molecule has 5 nitrogen and oxygen atoms in total. The first-order chi connectivity index (χ1) is 7.33. The minimum atomic E-state index is -0.244. The Morgan fingerprint density at radius 3 is 3.13 bits per heavy atom. The Labute approximate surface area is 87.7 Å². The maximum Gasteiger partial charge on any atom is 0.228 e. The van der Waals surface area contributed by atoms with Crippen molar-refractivity contribution < 1.29 is 4.79 Å². The number of carbonyl (C=O) groups excluding carboxylic acids is 1. The molecule has 2 fully saturated rings. The third-order valence-electron chi connectivity index (χ3n) is 3.66. The summed E-state index contributed by atoms with van der Waals surface area (Å²) in [5, 5.41) is 6.25. The predicted molar refractivity (Wildman–Crippen MR) is 54.3 cm³/mol. The van der Waals surface area contributed by atoms with Gasteiger partial charge in [-0.3, -0.25) is 4.79 Å². The summed E-state index contributed by atoms with van der Waals surface area (Å²) in [7, 11) is 0. The molecule has 0 aliphatic carbocycles. The van der Waals surface area contributed by atoms with Crippen LogP contribution in [-0.2, 0) is 4.79 Å². The molecular weight excluding hydrogens is 192 g/mol. The van der Waals surface area contributed by atoms with Gasteiger partial charge in [-0.25, -0.2) is 4.98 Å². The van der Waals surface area contributed by atoms with Crippen LogP contribution in [0, 0.1) is 5.41 Å². The van der Waals surface area contributed by atoms with Crippen LogP contribution in [0.25, 0.3) is 0 Å². The van der Waals surface area contributed by atoms with Gasteiger partial charge in [0.05, 0.1) is 11.7 Å². The third kappa shape index (κ3) is 1.13. The van der Waals surface area contributed by atoms with Crippen LogP contribution in [0.3, 0.4) is 0 Å². The summed E-state index contributed by atoms with van der Waals surface area (Å²) in [6.07, 6.45) is 4.42. The summed E-state index contributed by atoms with van der Waals surface area (Å²) in [6, 6.07) is 0. The van der Waals surface area contributed by atoms with E-state index in [-0.39, 0.29) is 17.2 Å². The number of carbonyl (C=O) groups is 1. The van der Waals surface area contributed by atoms with Gasteiger partial charge in [0.15, 0.2) is 0 Å². The molecule has 2 aliphatic heterocycles. The SMILES string of the molecule is O=C1NCCC12CNCC2c1cnc[nH]1. The number of amides is 1. The first-order valence-electron chi connectivity index (χ1n) is 5.30. The van der Waals surface area contributed by atoms with Crippen molar-refractivity contribution in [2.45, 2.75) is 12.3 Å². The molecule has 1 amide bonds. The van der Waals surface area contributed by atoms with Gasteiger partial charge in [0.2, 0.25) is 5.91 Å². The smallest absolute Gasteiger partial charge is 0.228 e. The fourth-order valence-electron chi connectivity index (χ4n) is 2.81. The lowest BCUT2D eigenvalue weighted by Crippen LogP contribution is -2.37. The van der Waals surface area contributed by atoms with Crippen molar-refractivity contribution in [1.82, 2.24) is 20.6 Å². The molecule has 1 spiro atoms. The maximum atomic E-state index is 11.9. The number of nitrogens with one attached hydrogen (secondary N) is 3. The van der Waals surface area contributed by atoms with Gasteiger partial charge in [-0.1, -0.05) is 0 Å². The number of imidazole rings is 1. The van der Waals surface area contributed by atoms with Crippen LogP contribution in [-0.4, -0.2) is 35.5 Å². The van der Waals surface area contributed by atoms with Crippen LogP contribution < -0.4 is 10.6 Å². The molecule has 2 aliphatic rings. The first-order valence-corrected chi connectivity index (χ1v) is 5.30. The Balaban J connectivity index is 1.98. The molecule has 0 radical (unpaired) electrons. The fraction of sp³-hybridized carbons (Fsp3) is 0.600. The summed E-state index contributed by atoms with van der Waals surface area (Å²) in [5.74, 6) is 0.426. The number of nitrogens with zero attached hydrogens (tertiary/aromatic N) is 1. The maximum absolute atomic E-state index is 11.9. The molecule has 0 bridgehead atoms. The summed E-state index contributed by atoms with van der Waals surface area (Å²) < 4.78 is 0. The van der Waals surface area contributed by atoms with Crippen LogP contribution in [0.1, 0.15) is 18.0 Å². The van der Waals surface area contributed by atoms with Crippen molar-refractivity contribution in [3.8, 4) is 0 Å². The molecule has 80 valence electrons. The highest BCUT2D eigenvalue weighted by Crippen LogP contribution is 2.43. The second-order valence-electron chi connectivity index (χ2n) is 4.35. The third-order valence-corrected chi connectivity index (χ3v) is 3.66. The van der Waals surface area contributed by atoms with Crippen molar-refractivity contribution in [3.05, 3.63) is 18.2 Å². The minimum absolute atomic E-state index is 0.187. The lowest BCUT2D eigenvalue weighted by Gasteiger charge is -2.25. The first kappa shape index (κ1) is 8.91. The number of hydrogen-bond acceptors (Lipinski definition) is 3. The highest BCUT2D eigenvalue weighted by atomic mass is 16.2. The van der Waals surface area contributed by atoms with E-state index in [1.807, 2.05) is 6.20 Å². The zero-order chi connectivity index (χ0) is 10.3. The van der Waals surface area contributed by atoms with Gasteiger partial charge in [0, 0.05) is 37.4 Å². The highest BCUT2D eigenvalue weighted by molar-refractivity contribution is 5.86. The Morgan fingerprint density at radius 2 is 2.47 bits per heavy atom. The highest BCUT2D eigenvalue weighted by Gasteiger charge is 2.52. The van der Waals surface area contributed by atoms with E-state index < -0.39 is 0 Å². The van der Waals surface area contributed by atoms with Gasteiger partial charge in [0.1, 0.15) is 0 Å². The number of aromatic amines is 1. The Morgan fingerprint density at radius 1 is 1.53 bits per heavy atom. The van der Waals surface area contributed by atoms with E-state index in [0.29, 0.717) is 0 Å². The van der Waals surface area contributed by atoms with Gasteiger partial charge >= 0.3 is 0 Å². The van der Waals surface area contributed by atoms with Gasteiger partial charge < -0.3 is 15.6 Å². The van der Waals surface area contributed by atoms with E-state index in [1.165, 1.54) is 0 Å². The van der Waals surface area contributed by atoms with E-state index >= 15 is 0 Å². The summed E-state index contributed by atoms with van der Waals surface area (Å²) >= 11 is 0. The molecule has 3 rings (SSSR count). The van der Waals surface area contributed by atoms with E-state index in [2.05, 4.69) is 20.6 Å². The van der Waals surface area contributed by atoms with E-state index in [4.69, 9.17) is 0 Å². The summed E-state index contributed by atoms with van der Waals surface area (Å²) in [4.78, 5) is 19.1. The number of H-pyrrole nitrogens is 1. The zero-order valence-electron chi connectivity index (χ0n) is 8.42. The Bertz CT molecular complexity index is 371. The average molecular weight is 206 g/mol. The molecule has 0 aromatic carbocycles. The molecule has 5 heteroatoms. The molecule has 1 aromatic heterocycles. The largest absolute Gasteiger partial charge is 0.356 e. The monoisotopic (exact) mass is 206 g/mol. The molecule has 3 heterocycles. The predicted octanol–water partition coefficient (Wildman–Crippen LogP) is -0.397. The van der Waals surface area contributed by atoms with Crippen molar-refractivity contribution in [1.29, 1.82) is 0 Å². The fourth-order valence-corrected chi connectivity index (χ4v) is 2.81. The molecule has 3 N–H and O–H groups in total. The van der Waals surface area contributed by atoms with Crippen LogP contribution in [0.5, 0.6) is 0 Å². The number of aromatic nitrogens is 2. The zero-order valence-corrected chi connectivity index (χ0v) is 8.42. The van der Waals surface area contributed by atoms with Gasteiger partial charge in [-0.2, -0.15) is 0 Å². The topological polar surface area (TPSA) is 69.8 Å². The molecule has 0 saturated carbocycles. The number of rotatable bonds is 1. The van der Waals surface area contributed by atoms with Crippen molar-refractivity contribution in [2.75, 3.05) is 19.6 Å². The molecule has 2 unspecified atom stereocenters. The molecule has 2 saturated heterocycles. The molecular formula is C10H14N4O. The standard InChI is InChI=1S/C10H14N4O/c15-9-10(1-2-13-9)5-11-3-7(10)8-4-12-6-14-8/h4,6-7,11H,1-3,5H2,(H,12,14)(H,13,15). The molecule has 15 heavy (non-hydrogen) atoms. The summed E-state index contributed by atoms with van der Waals surface area (Å²) in [5.41, 5.74) is 0.823. The van der Waals surface area contributed by atoms with Gasteiger partial charge in [-0.05, 0) is 6.42 Å². The lowest BCUT2D eigenvalue weighted by molar-refractivity contribution is -0.127. The number of hydrogen-bond donors (Lipinski definition) is 3. The van der Waals surface area contributed by atoms with E-state index in [1.54, 1.807) is 6.33 Å². The van der Waals surface area contributed by atoms with Crippen molar-refractivity contribution in [2.24, 2.45) is 5.41 Å². The quantitative estimate of drug-likeness (QED) is 0.585. The van der Waals surface area contributed by atoms with Crippen molar-refractivity contribution >= 4 is 5.91 Å². The van der Waals surface area contributed by atoms with E-state index in [9.17, 15) is 4.79 Å². The van der Waals surface area contributed by atoms with Crippen LogP contribution in [0.4, 0.5) is 0 Å². The van der Waals surface area contributed by atoms with Gasteiger partial charge in [-0.15, -0.1) is 0 Å². The van der Waals surface area contributed by atoms with Crippen LogP contribution in [0.2, 0.25) is 0 Å². The van der Waals surface area contributed by atoms with E-state index in [0.717, 1.165) is 31.7 Å². The Hall–Kier alpha value is -1.36. The van der Waals surface area contributed by atoms with Crippen molar-refractivity contribution in [3.63, 3.8) is 0 Å². The normalized spacial score (nSPS) is 34.9. The second-order valence-corrected chi connectivity index (χ2v) is 4.35. The minimum Gasteiger partial charge on any atom is -0.356 e. The second kappa shape index (κ2) is 3.06. The van der Waals surface area contributed by atoms with Crippen LogP contribution >= 0.6 is 0 Å².